The number of hydrogen-bond acceptors (Lipinski definition) is 5. The quantitative estimate of drug-likeness (QED) is 0.712. The van der Waals surface area contributed by atoms with Crippen molar-refractivity contribution < 1.29 is 18.7 Å². The van der Waals surface area contributed by atoms with Crippen LogP contribution in [0.25, 0.3) is 0 Å². The number of halogens is 1. The summed E-state index contributed by atoms with van der Waals surface area (Å²) in [6.07, 6.45) is 2.01. The first-order chi connectivity index (χ1) is 14.4. The van der Waals surface area contributed by atoms with Crippen LogP contribution >= 0.6 is 0 Å². The van der Waals surface area contributed by atoms with Crippen molar-refractivity contribution in [1.82, 2.24) is 20.1 Å². The van der Waals surface area contributed by atoms with E-state index in [2.05, 4.69) is 15.4 Å². The zero-order valence-corrected chi connectivity index (χ0v) is 16.4. The minimum Gasteiger partial charge on any atom is -0.484 e. The molecule has 1 aliphatic heterocycles. The molecule has 2 atom stereocenters. The largest absolute Gasteiger partial charge is 0.484 e. The van der Waals surface area contributed by atoms with Crippen LogP contribution in [0.5, 0.6) is 5.75 Å². The highest BCUT2D eigenvalue weighted by Crippen LogP contribution is 2.29. The minimum absolute atomic E-state index is 0.316. The van der Waals surface area contributed by atoms with Gasteiger partial charge in [0.25, 0.3) is 11.8 Å². The van der Waals surface area contributed by atoms with E-state index in [0.717, 1.165) is 11.8 Å². The Morgan fingerprint density at radius 3 is 2.77 bits per heavy atom. The molecular formula is C21H20FN5O3. The molecule has 8 nitrogen and oxygen atoms in total. The van der Waals surface area contributed by atoms with Crippen LogP contribution < -0.4 is 15.0 Å². The van der Waals surface area contributed by atoms with Crippen molar-refractivity contribution in [3.63, 3.8) is 0 Å². The standard InChI is InChI=1S/C21H20FN5O3/c1-13-17(21(29)26(2)19-16(30-13)9-6-10-23-19)24-20(28)18-15(22)12-27(25-18)11-14-7-4-3-5-8-14/h3-10,12-13,17H,11H2,1-2H3,(H,24,28)/t13-,17?/m0/s1. The summed E-state index contributed by atoms with van der Waals surface area (Å²) in [5.41, 5.74) is 0.535. The summed E-state index contributed by atoms with van der Waals surface area (Å²) in [4.78, 5) is 31.1. The van der Waals surface area contributed by atoms with Gasteiger partial charge in [-0.3, -0.25) is 19.2 Å². The number of amides is 2. The minimum atomic E-state index is -1.03. The number of nitrogens with zero attached hydrogens (tertiary/aromatic N) is 4. The lowest BCUT2D eigenvalue weighted by molar-refractivity contribution is -0.121. The number of benzene rings is 1. The van der Waals surface area contributed by atoms with E-state index in [0.29, 0.717) is 18.1 Å². The summed E-state index contributed by atoms with van der Waals surface area (Å²) in [5.74, 6) is -1.20. The van der Waals surface area contributed by atoms with Crippen molar-refractivity contribution >= 4 is 17.6 Å². The molecule has 4 rings (SSSR count). The van der Waals surface area contributed by atoms with Crippen LogP contribution in [0.1, 0.15) is 23.0 Å². The second kappa shape index (κ2) is 7.94. The molecule has 154 valence electrons. The average Bonchev–Trinajstić information content (AvgIpc) is 3.08. The molecule has 1 N–H and O–H groups in total. The van der Waals surface area contributed by atoms with Gasteiger partial charge >= 0.3 is 0 Å². The van der Waals surface area contributed by atoms with E-state index in [4.69, 9.17) is 4.74 Å². The summed E-state index contributed by atoms with van der Waals surface area (Å²) in [5, 5.41) is 6.61. The van der Waals surface area contributed by atoms with E-state index in [-0.39, 0.29) is 5.69 Å². The van der Waals surface area contributed by atoms with Gasteiger partial charge in [0, 0.05) is 13.2 Å². The fourth-order valence-corrected chi connectivity index (χ4v) is 3.30. The van der Waals surface area contributed by atoms with Crippen molar-refractivity contribution in [2.24, 2.45) is 0 Å². The summed E-state index contributed by atoms with van der Waals surface area (Å²) in [7, 11) is 1.55. The van der Waals surface area contributed by atoms with Gasteiger partial charge in [0.15, 0.2) is 23.1 Å². The number of pyridine rings is 1. The first-order valence-electron chi connectivity index (χ1n) is 9.41. The molecule has 1 aliphatic rings. The molecule has 0 radical (unpaired) electrons. The van der Waals surface area contributed by atoms with Crippen molar-refractivity contribution in [2.75, 3.05) is 11.9 Å². The number of likely N-dealkylation sites (N-methyl/N-ethyl adjacent to an activating group) is 1. The number of ether oxygens (including phenoxy) is 1. The zero-order chi connectivity index (χ0) is 21.3. The molecular weight excluding hydrogens is 389 g/mol. The van der Waals surface area contributed by atoms with Crippen LogP contribution in [-0.4, -0.2) is 45.8 Å². The summed E-state index contributed by atoms with van der Waals surface area (Å²) in [6, 6.07) is 11.7. The average molecular weight is 409 g/mol. The van der Waals surface area contributed by atoms with Gasteiger partial charge in [0.1, 0.15) is 12.1 Å². The lowest BCUT2D eigenvalue weighted by Crippen LogP contribution is -2.53. The number of rotatable bonds is 4. The number of carbonyl (C=O) groups is 2. The molecule has 0 bridgehead atoms. The van der Waals surface area contributed by atoms with E-state index in [9.17, 15) is 14.0 Å². The molecule has 2 amide bonds. The SMILES string of the molecule is C[C@@H]1Oc2cccnc2N(C)C(=O)C1NC(=O)c1nn(Cc2ccccc2)cc1F. The third-order valence-corrected chi connectivity index (χ3v) is 4.85. The van der Waals surface area contributed by atoms with Gasteiger partial charge in [0.2, 0.25) is 0 Å². The fraction of sp³-hybridized carbons (Fsp3) is 0.238. The highest BCUT2D eigenvalue weighted by atomic mass is 19.1. The van der Waals surface area contributed by atoms with Crippen LogP contribution in [0, 0.1) is 5.82 Å². The summed E-state index contributed by atoms with van der Waals surface area (Å²) < 4.78 is 21.6. The molecule has 2 aromatic heterocycles. The highest BCUT2D eigenvalue weighted by molar-refractivity contribution is 6.02. The fourth-order valence-electron chi connectivity index (χ4n) is 3.30. The Bertz CT molecular complexity index is 1090. The Hall–Kier alpha value is -3.75. The van der Waals surface area contributed by atoms with Gasteiger partial charge < -0.3 is 10.1 Å². The molecule has 1 aromatic carbocycles. The predicted octanol–water partition coefficient (Wildman–Crippen LogP) is 2.01. The van der Waals surface area contributed by atoms with E-state index in [1.54, 1.807) is 32.3 Å². The van der Waals surface area contributed by atoms with Crippen LogP contribution in [0.15, 0.2) is 54.9 Å². The first kappa shape index (κ1) is 19.6. The van der Waals surface area contributed by atoms with Gasteiger partial charge in [-0.25, -0.2) is 9.37 Å². The monoisotopic (exact) mass is 409 g/mol. The number of anilines is 1. The molecule has 9 heteroatoms. The van der Waals surface area contributed by atoms with Crippen LogP contribution in [0.2, 0.25) is 0 Å². The van der Waals surface area contributed by atoms with Gasteiger partial charge in [-0.15, -0.1) is 0 Å². The molecule has 1 unspecified atom stereocenters. The Labute approximate surface area is 172 Å². The molecule has 0 spiro atoms. The smallest absolute Gasteiger partial charge is 0.275 e. The Kier molecular flexibility index (Phi) is 5.18. The normalized spacial score (nSPS) is 18.4. The third kappa shape index (κ3) is 3.73. The molecule has 0 saturated heterocycles. The topological polar surface area (TPSA) is 89.3 Å². The van der Waals surface area contributed by atoms with Gasteiger partial charge in [-0.05, 0) is 24.6 Å². The molecule has 3 heterocycles. The number of nitrogens with one attached hydrogen (secondary N) is 1. The Balaban J connectivity index is 1.53. The van der Waals surface area contributed by atoms with Gasteiger partial charge in [-0.1, -0.05) is 30.3 Å². The van der Waals surface area contributed by atoms with E-state index in [1.807, 2.05) is 30.3 Å². The second-order valence-electron chi connectivity index (χ2n) is 7.01. The third-order valence-electron chi connectivity index (χ3n) is 4.85. The highest BCUT2D eigenvalue weighted by Gasteiger charge is 2.37. The number of hydrogen-bond donors (Lipinski definition) is 1. The van der Waals surface area contributed by atoms with Crippen LogP contribution in [-0.2, 0) is 11.3 Å². The second-order valence-corrected chi connectivity index (χ2v) is 7.01. The van der Waals surface area contributed by atoms with Crippen molar-refractivity contribution in [3.8, 4) is 5.75 Å². The van der Waals surface area contributed by atoms with Crippen molar-refractivity contribution in [3.05, 3.63) is 71.9 Å². The molecule has 0 saturated carbocycles. The lowest BCUT2D eigenvalue weighted by Gasteiger charge is -2.23. The number of carbonyl (C=O) groups excluding carboxylic acids is 2. The molecule has 0 aliphatic carbocycles. The van der Waals surface area contributed by atoms with Crippen molar-refractivity contribution in [2.45, 2.75) is 25.6 Å². The maximum atomic E-state index is 14.4. The van der Waals surface area contributed by atoms with E-state index >= 15 is 0 Å². The summed E-state index contributed by atoms with van der Waals surface area (Å²) in [6.45, 7) is 1.97. The van der Waals surface area contributed by atoms with Crippen LogP contribution in [0.3, 0.4) is 0 Å². The van der Waals surface area contributed by atoms with Gasteiger partial charge in [0.05, 0.1) is 12.7 Å². The van der Waals surface area contributed by atoms with Gasteiger partial charge in [-0.2, -0.15) is 5.10 Å². The van der Waals surface area contributed by atoms with E-state index < -0.39 is 29.8 Å². The first-order valence-corrected chi connectivity index (χ1v) is 9.41. The number of fused-ring (bicyclic) bond motifs is 1. The lowest BCUT2D eigenvalue weighted by atomic mass is 10.1. The Morgan fingerprint density at radius 2 is 2.00 bits per heavy atom. The maximum Gasteiger partial charge on any atom is 0.275 e. The predicted molar refractivity (Wildman–Crippen MR) is 107 cm³/mol. The van der Waals surface area contributed by atoms with Crippen LogP contribution in [0.4, 0.5) is 10.2 Å². The zero-order valence-electron chi connectivity index (χ0n) is 16.4. The van der Waals surface area contributed by atoms with E-state index in [1.165, 1.54) is 9.58 Å². The summed E-state index contributed by atoms with van der Waals surface area (Å²) >= 11 is 0. The Morgan fingerprint density at radius 1 is 1.23 bits per heavy atom. The molecule has 0 fully saturated rings. The van der Waals surface area contributed by atoms with Crippen molar-refractivity contribution in [1.29, 1.82) is 0 Å². The molecule has 30 heavy (non-hydrogen) atoms. The molecule has 3 aromatic rings. The maximum absolute atomic E-state index is 14.4. The number of aromatic nitrogens is 3.